The summed E-state index contributed by atoms with van der Waals surface area (Å²) < 4.78 is 10.3. The molecule has 1 saturated heterocycles. The minimum atomic E-state index is 0.405. The minimum absolute atomic E-state index is 0.405. The molecule has 2 rings (SSSR count). The summed E-state index contributed by atoms with van der Waals surface area (Å²) in [6.45, 7) is 4.62. The van der Waals surface area contributed by atoms with Crippen LogP contribution in [0.4, 0.5) is 0 Å². The Labute approximate surface area is 105 Å². The standard InChI is InChI=1S/C11H15N3O2S/c1-15-8-9-10(6-12)17-11(13-9)7-14-2-4-16-5-3-14/h2-5,7-8H2,1H3. The van der Waals surface area contributed by atoms with Gasteiger partial charge in [-0.05, 0) is 0 Å². The van der Waals surface area contributed by atoms with Gasteiger partial charge in [0.05, 0.1) is 32.1 Å². The Bertz CT molecular complexity index is 407. The molecule has 2 heterocycles. The van der Waals surface area contributed by atoms with Crippen molar-refractivity contribution < 1.29 is 9.47 Å². The predicted octanol–water partition coefficient (Wildman–Crippen LogP) is 0.993. The monoisotopic (exact) mass is 253 g/mol. The molecule has 0 aromatic carbocycles. The largest absolute Gasteiger partial charge is 0.379 e. The Morgan fingerprint density at radius 3 is 2.94 bits per heavy atom. The van der Waals surface area contributed by atoms with Crippen LogP contribution in [0.25, 0.3) is 0 Å². The Morgan fingerprint density at radius 1 is 1.53 bits per heavy atom. The Kier molecular flexibility index (Phi) is 4.45. The van der Waals surface area contributed by atoms with E-state index < -0.39 is 0 Å². The van der Waals surface area contributed by atoms with Crippen LogP contribution in [0.5, 0.6) is 0 Å². The van der Waals surface area contributed by atoms with Crippen molar-refractivity contribution in [2.45, 2.75) is 13.2 Å². The second kappa shape index (κ2) is 6.07. The van der Waals surface area contributed by atoms with E-state index in [-0.39, 0.29) is 0 Å². The third-order valence-corrected chi connectivity index (χ3v) is 3.57. The van der Waals surface area contributed by atoms with Gasteiger partial charge in [0.2, 0.25) is 0 Å². The molecular formula is C11H15N3O2S. The van der Waals surface area contributed by atoms with Crippen molar-refractivity contribution in [2.24, 2.45) is 0 Å². The van der Waals surface area contributed by atoms with Crippen LogP contribution in [0.1, 0.15) is 15.6 Å². The second-order valence-corrected chi connectivity index (χ2v) is 4.90. The summed E-state index contributed by atoms with van der Waals surface area (Å²) in [6, 6.07) is 2.17. The quantitative estimate of drug-likeness (QED) is 0.801. The van der Waals surface area contributed by atoms with Crippen molar-refractivity contribution in [3.05, 3.63) is 15.6 Å². The molecule has 0 N–H and O–H groups in total. The summed E-state index contributed by atoms with van der Waals surface area (Å²) in [6.07, 6.45) is 0. The molecule has 5 nitrogen and oxygen atoms in total. The number of nitriles is 1. The molecule has 6 heteroatoms. The van der Waals surface area contributed by atoms with E-state index in [1.807, 2.05) is 0 Å². The summed E-state index contributed by atoms with van der Waals surface area (Å²) in [4.78, 5) is 7.41. The molecule has 0 bridgehead atoms. The van der Waals surface area contributed by atoms with E-state index in [0.717, 1.165) is 43.5 Å². The van der Waals surface area contributed by atoms with E-state index in [1.165, 1.54) is 11.3 Å². The van der Waals surface area contributed by atoms with Crippen molar-refractivity contribution in [3.8, 4) is 6.07 Å². The first-order valence-corrected chi connectivity index (χ1v) is 6.33. The van der Waals surface area contributed by atoms with Gasteiger partial charge in [0.15, 0.2) is 0 Å². The fourth-order valence-electron chi connectivity index (χ4n) is 1.74. The fraction of sp³-hybridized carbons (Fsp3) is 0.636. The third kappa shape index (κ3) is 3.23. The molecule has 0 spiro atoms. The van der Waals surface area contributed by atoms with Crippen LogP contribution < -0.4 is 0 Å². The number of ether oxygens (including phenoxy) is 2. The van der Waals surface area contributed by atoms with Gasteiger partial charge < -0.3 is 9.47 Å². The van der Waals surface area contributed by atoms with E-state index in [9.17, 15) is 0 Å². The minimum Gasteiger partial charge on any atom is -0.379 e. The van der Waals surface area contributed by atoms with Crippen LogP contribution in [-0.4, -0.2) is 43.3 Å². The average molecular weight is 253 g/mol. The van der Waals surface area contributed by atoms with Crippen LogP contribution in [0.2, 0.25) is 0 Å². The maximum absolute atomic E-state index is 9.00. The Hall–Kier alpha value is -1.00. The lowest BCUT2D eigenvalue weighted by Gasteiger charge is -2.25. The molecule has 0 atom stereocenters. The number of hydrogen-bond donors (Lipinski definition) is 0. The molecule has 92 valence electrons. The SMILES string of the molecule is COCc1nc(CN2CCOCC2)sc1C#N. The summed E-state index contributed by atoms with van der Waals surface area (Å²) in [7, 11) is 1.61. The van der Waals surface area contributed by atoms with Gasteiger partial charge >= 0.3 is 0 Å². The van der Waals surface area contributed by atoms with Gasteiger partial charge in [-0.15, -0.1) is 11.3 Å². The first kappa shape index (κ1) is 12.5. The Morgan fingerprint density at radius 2 is 2.29 bits per heavy atom. The van der Waals surface area contributed by atoms with Gasteiger partial charge in [-0.1, -0.05) is 0 Å². The molecule has 0 amide bonds. The van der Waals surface area contributed by atoms with Crippen molar-refractivity contribution in [1.82, 2.24) is 9.88 Å². The summed E-state index contributed by atoms with van der Waals surface area (Å²) in [5.74, 6) is 0. The molecular weight excluding hydrogens is 238 g/mol. The van der Waals surface area contributed by atoms with Gasteiger partial charge in [0.1, 0.15) is 16.0 Å². The number of methoxy groups -OCH3 is 1. The average Bonchev–Trinajstić information content (AvgIpc) is 2.73. The van der Waals surface area contributed by atoms with Crippen LogP contribution >= 0.6 is 11.3 Å². The van der Waals surface area contributed by atoms with Crippen molar-refractivity contribution in [1.29, 1.82) is 5.26 Å². The van der Waals surface area contributed by atoms with E-state index in [4.69, 9.17) is 14.7 Å². The number of aromatic nitrogens is 1. The third-order valence-electron chi connectivity index (χ3n) is 2.59. The zero-order chi connectivity index (χ0) is 12.1. The molecule has 1 aromatic heterocycles. The van der Waals surface area contributed by atoms with Gasteiger partial charge in [0, 0.05) is 20.2 Å². The lowest BCUT2D eigenvalue weighted by molar-refractivity contribution is 0.0341. The van der Waals surface area contributed by atoms with Crippen LogP contribution in [0.15, 0.2) is 0 Å². The van der Waals surface area contributed by atoms with Gasteiger partial charge in [0.25, 0.3) is 0 Å². The summed E-state index contributed by atoms with van der Waals surface area (Å²) in [5, 5.41) is 9.98. The van der Waals surface area contributed by atoms with E-state index in [0.29, 0.717) is 11.5 Å². The zero-order valence-electron chi connectivity index (χ0n) is 9.81. The van der Waals surface area contributed by atoms with Crippen LogP contribution in [0, 0.1) is 11.3 Å². The highest BCUT2D eigenvalue weighted by Gasteiger charge is 2.15. The maximum Gasteiger partial charge on any atom is 0.130 e. The second-order valence-electron chi connectivity index (χ2n) is 3.82. The first-order chi connectivity index (χ1) is 8.33. The fourth-order valence-corrected chi connectivity index (χ4v) is 2.65. The summed E-state index contributed by atoms with van der Waals surface area (Å²) in [5.41, 5.74) is 0.753. The van der Waals surface area contributed by atoms with Crippen molar-refractivity contribution in [3.63, 3.8) is 0 Å². The molecule has 1 aliphatic rings. The van der Waals surface area contributed by atoms with E-state index in [1.54, 1.807) is 7.11 Å². The van der Waals surface area contributed by atoms with Gasteiger partial charge in [-0.2, -0.15) is 5.26 Å². The Balaban J connectivity index is 2.03. The molecule has 1 fully saturated rings. The number of nitrogens with zero attached hydrogens (tertiary/aromatic N) is 3. The molecule has 1 aromatic rings. The predicted molar refractivity (Wildman–Crippen MR) is 63.6 cm³/mol. The van der Waals surface area contributed by atoms with Crippen LogP contribution in [0.3, 0.4) is 0 Å². The first-order valence-electron chi connectivity index (χ1n) is 5.51. The molecule has 1 aliphatic heterocycles. The highest BCUT2D eigenvalue weighted by Crippen LogP contribution is 2.20. The van der Waals surface area contributed by atoms with E-state index in [2.05, 4.69) is 16.0 Å². The smallest absolute Gasteiger partial charge is 0.130 e. The van der Waals surface area contributed by atoms with Crippen LogP contribution in [-0.2, 0) is 22.6 Å². The molecule has 0 saturated carbocycles. The van der Waals surface area contributed by atoms with E-state index >= 15 is 0 Å². The van der Waals surface area contributed by atoms with Crippen molar-refractivity contribution >= 4 is 11.3 Å². The maximum atomic E-state index is 9.00. The normalized spacial score (nSPS) is 16.9. The summed E-state index contributed by atoms with van der Waals surface area (Å²) >= 11 is 1.46. The number of thiazole rings is 1. The molecule has 0 radical (unpaired) electrons. The van der Waals surface area contributed by atoms with Gasteiger partial charge in [-0.25, -0.2) is 4.98 Å². The lowest BCUT2D eigenvalue weighted by Crippen LogP contribution is -2.35. The highest BCUT2D eigenvalue weighted by molar-refractivity contribution is 7.12. The number of morpholine rings is 1. The highest BCUT2D eigenvalue weighted by atomic mass is 32.1. The molecule has 0 unspecified atom stereocenters. The van der Waals surface area contributed by atoms with Crippen molar-refractivity contribution in [2.75, 3.05) is 33.4 Å². The number of hydrogen-bond acceptors (Lipinski definition) is 6. The lowest BCUT2D eigenvalue weighted by atomic mass is 10.4. The molecule has 0 aliphatic carbocycles. The number of rotatable bonds is 4. The zero-order valence-corrected chi connectivity index (χ0v) is 10.6. The molecule has 17 heavy (non-hydrogen) atoms. The van der Waals surface area contributed by atoms with Gasteiger partial charge in [-0.3, -0.25) is 4.90 Å². The topological polar surface area (TPSA) is 58.4 Å².